The Bertz CT molecular complexity index is 7430. The summed E-state index contributed by atoms with van der Waals surface area (Å²) in [4.78, 5) is 9.53. The zero-order valence-electron chi connectivity index (χ0n) is 59.7. The van der Waals surface area contributed by atoms with Gasteiger partial charge in [-0.05, 0) is 244 Å². The number of rotatable bonds is 13. The molecule has 0 aliphatic rings. The lowest BCUT2D eigenvalue weighted by Crippen LogP contribution is -2.10. The van der Waals surface area contributed by atoms with Gasteiger partial charge in [-0.3, -0.25) is 0 Å². The molecule has 0 amide bonds. The summed E-state index contributed by atoms with van der Waals surface area (Å²) in [6.45, 7) is 0. The molecule has 0 radical (unpaired) electrons. The van der Waals surface area contributed by atoms with E-state index >= 15 is 0 Å². The normalized spacial score (nSPS) is 11.8. The summed E-state index contributed by atoms with van der Waals surface area (Å²) in [5.41, 5.74) is 18.8. The Morgan fingerprint density at radius 3 is 0.909 bits per heavy atom. The first kappa shape index (κ1) is 62.6. The quantitative estimate of drug-likeness (QED) is 0.115. The molecular formula is C104H66N4O2. The van der Waals surface area contributed by atoms with Gasteiger partial charge in [0.25, 0.3) is 0 Å². The van der Waals surface area contributed by atoms with E-state index in [4.69, 9.17) is 8.83 Å². The van der Waals surface area contributed by atoms with Crippen molar-refractivity contribution in [3.05, 3.63) is 400 Å². The molecule has 0 unspecified atom stereocenters. The molecule has 6 nitrogen and oxygen atoms in total. The summed E-state index contributed by atoms with van der Waals surface area (Å²) in [5, 5.41) is 23.0. The van der Waals surface area contributed by atoms with Crippen molar-refractivity contribution in [2.75, 3.05) is 19.6 Å². The fraction of sp³-hybridized carbons (Fsp3) is 0. The molecule has 0 spiro atoms. The van der Waals surface area contributed by atoms with Gasteiger partial charge in [-0.1, -0.05) is 243 Å². The summed E-state index contributed by atoms with van der Waals surface area (Å²) >= 11 is 0. The summed E-state index contributed by atoms with van der Waals surface area (Å²) in [6, 6.07) is 145. The van der Waals surface area contributed by atoms with Gasteiger partial charge in [-0.15, -0.1) is 0 Å². The van der Waals surface area contributed by atoms with Crippen LogP contribution in [0.4, 0.5) is 68.2 Å². The van der Waals surface area contributed by atoms with Gasteiger partial charge in [0.2, 0.25) is 0 Å². The molecule has 0 fully saturated rings. The number of anilines is 12. The van der Waals surface area contributed by atoms with E-state index in [0.717, 1.165) is 166 Å². The molecule has 2 heterocycles. The highest BCUT2D eigenvalue weighted by Gasteiger charge is 2.25. The lowest BCUT2D eigenvalue weighted by Gasteiger charge is -2.28. The molecule has 0 saturated heterocycles. The van der Waals surface area contributed by atoms with Crippen molar-refractivity contribution in [2.45, 2.75) is 0 Å². The number of benzene rings is 20. The van der Waals surface area contributed by atoms with Gasteiger partial charge in [0.05, 0.1) is 11.4 Å². The molecule has 110 heavy (non-hydrogen) atoms. The zero-order valence-corrected chi connectivity index (χ0v) is 59.7. The predicted molar refractivity (Wildman–Crippen MR) is 465 cm³/mol. The fourth-order valence-corrected chi connectivity index (χ4v) is 17.5. The van der Waals surface area contributed by atoms with Crippen LogP contribution in [-0.4, -0.2) is 0 Å². The van der Waals surface area contributed by atoms with Gasteiger partial charge in [-0.25, -0.2) is 0 Å². The minimum absolute atomic E-state index is 0.864. The number of hydrogen-bond acceptors (Lipinski definition) is 6. The van der Waals surface area contributed by atoms with Crippen LogP contribution in [0.3, 0.4) is 0 Å². The third-order valence-corrected chi connectivity index (χ3v) is 22.4. The standard InChI is InChI=1S/C104H66N4O2/c1-5-26-75(27-6-1)105(79-44-39-67-21-13-14-23-69(67)61-79)81-46-51-87-71(63-81)40-57-97-101(87)102-88-52-47-82(64-72(88)41-58-98(102)109-97)106(76-28-7-2-8-29-76)80-45-50-85-70(62-80)25-19-37-91(85)93-55-56-96(94-36-18-17-35-92(93)94)108(78-32-11-4-12-33-78)84-49-54-90-74(66-84)43-60-100-104(90)103-89-53-48-83(65-73(89)42-59-99(103)110-100)107(77-30-9-3-10-31-77)95-38-20-24-68-22-15-16-34-86(68)95/h1-66H. The van der Waals surface area contributed by atoms with E-state index < -0.39 is 0 Å². The van der Waals surface area contributed by atoms with Crippen LogP contribution in [0.25, 0.3) is 141 Å². The largest absolute Gasteiger partial charge is 0.456 e. The van der Waals surface area contributed by atoms with Crippen LogP contribution in [0.2, 0.25) is 0 Å². The first-order valence-electron chi connectivity index (χ1n) is 37.6. The second kappa shape index (κ2) is 25.5. The molecular weight excluding hydrogens is 1340 g/mol. The first-order valence-corrected chi connectivity index (χ1v) is 37.6. The van der Waals surface area contributed by atoms with Crippen LogP contribution in [0, 0.1) is 0 Å². The number of para-hydroxylation sites is 4. The highest BCUT2D eigenvalue weighted by molar-refractivity contribution is 6.29. The van der Waals surface area contributed by atoms with E-state index in [1.54, 1.807) is 0 Å². The number of fused-ring (bicyclic) bond motifs is 18. The smallest absolute Gasteiger partial charge is 0.136 e. The Hall–Kier alpha value is -14.7. The maximum atomic E-state index is 6.77. The topological polar surface area (TPSA) is 39.2 Å². The average Bonchev–Trinajstić information content (AvgIpc) is 1.69. The third-order valence-electron chi connectivity index (χ3n) is 22.4. The van der Waals surface area contributed by atoms with E-state index in [0.29, 0.717) is 0 Å². The maximum Gasteiger partial charge on any atom is 0.136 e. The van der Waals surface area contributed by atoms with E-state index in [1.165, 1.54) is 43.4 Å². The Kier molecular flexibility index (Phi) is 14.5. The van der Waals surface area contributed by atoms with Crippen molar-refractivity contribution in [1.29, 1.82) is 0 Å². The van der Waals surface area contributed by atoms with Crippen LogP contribution >= 0.6 is 0 Å². The highest BCUT2D eigenvalue weighted by Crippen LogP contribution is 2.50. The Morgan fingerprint density at radius 1 is 0.145 bits per heavy atom. The monoisotopic (exact) mass is 1400 g/mol. The van der Waals surface area contributed by atoms with Crippen LogP contribution in [0.15, 0.2) is 409 Å². The molecule has 0 saturated carbocycles. The van der Waals surface area contributed by atoms with Crippen LogP contribution in [0.1, 0.15) is 0 Å². The number of hydrogen-bond donors (Lipinski definition) is 0. The van der Waals surface area contributed by atoms with E-state index in [-0.39, 0.29) is 0 Å². The van der Waals surface area contributed by atoms with Gasteiger partial charge in [0, 0.05) is 89.2 Å². The molecule has 20 aromatic carbocycles. The van der Waals surface area contributed by atoms with E-state index in [1.807, 2.05) is 0 Å². The molecule has 0 N–H and O–H groups in total. The Labute approximate surface area is 634 Å². The van der Waals surface area contributed by atoms with Crippen molar-refractivity contribution >= 4 is 198 Å². The molecule has 22 aromatic rings. The van der Waals surface area contributed by atoms with Gasteiger partial charge in [-0.2, -0.15) is 0 Å². The van der Waals surface area contributed by atoms with Crippen LogP contribution in [0.5, 0.6) is 0 Å². The molecule has 2 aromatic heterocycles. The summed E-state index contributed by atoms with van der Waals surface area (Å²) in [6.07, 6.45) is 0. The fourth-order valence-electron chi connectivity index (χ4n) is 17.5. The number of furan rings is 2. The molecule has 0 aliphatic carbocycles. The second-order valence-corrected chi connectivity index (χ2v) is 28.7. The third kappa shape index (κ3) is 10.3. The van der Waals surface area contributed by atoms with Gasteiger partial charge in [0.1, 0.15) is 22.3 Å². The SMILES string of the molecule is c1ccc(N(c2ccc3ccccc3c2)c2ccc3c(ccc4oc5ccc6cc(N(c7ccccc7)c7ccc8c(-c9ccc(N(c%10ccccc%10)c%10ccc%11c(ccc%12oc%13ccc%14cc(N(c%15ccccc%15)c%15cccc%16ccccc%15%16)ccc%14c%13c%12%11)c%10)c%10ccccc9%10)cccc8c7)ccc6c5c43)c2)cc1. The first-order chi connectivity index (χ1) is 54.5. The zero-order chi connectivity index (χ0) is 72.3. The predicted octanol–water partition coefficient (Wildman–Crippen LogP) is 30.3. The number of nitrogens with zero attached hydrogens (tertiary/aromatic N) is 4. The minimum atomic E-state index is 0.864. The van der Waals surface area contributed by atoms with Crippen molar-refractivity contribution < 1.29 is 8.83 Å². The van der Waals surface area contributed by atoms with Crippen LogP contribution in [-0.2, 0) is 0 Å². The Morgan fingerprint density at radius 2 is 0.445 bits per heavy atom. The molecule has 0 aliphatic heterocycles. The second-order valence-electron chi connectivity index (χ2n) is 28.7. The summed E-state index contributed by atoms with van der Waals surface area (Å²) in [5.74, 6) is 0. The average molecular weight is 1400 g/mol. The van der Waals surface area contributed by atoms with Crippen molar-refractivity contribution in [2.24, 2.45) is 0 Å². The molecule has 22 rings (SSSR count). The molecule has 0 bridgehead atoms. The van der Waals surface area contributed by atoms with E-state index in [2.05, 4.69) is 420 Å². The highest BCUT2D eigenvalue weighted by atomic mass is 16.3. The lowest BCUT2D eigenvalue weighted by molar-refractivity contribution is 0.669. The summed E-state index contributed by atoms with van der Waals surface area (Å²) in [7, 11) is 0. The van der Waals surface area contributed by atoms with Gasteiger partial charge < -0.3 is 28.4 Å². The van der Waals surface area contributed by atoms with Crippen molar-refractivity contribution in [3.63, 3.8) is 0 Å². The maximum absolute atomic E-state index is 6.77. The van der Waals surface area contributed by atoms with Gasteiger partial charge >= 0.3 is 0 Å². The Balaban J connectivity index is 0.614. The van der Waals surface area contributed by atoms with Crippen LogP contribution < -0.4 is 19.6 Å². The summed E-state index contributed by atoms with van der Waals surface area (Å²) < 4.78 is 13.5. The molecule has 514 valence electrons. The van der Waals surface area contributed by atoms with Crippen molar-refractivity contribution in [1.82, 2.24) is 0 Å². The minimum Gasteiger partial charge on any atom is -0.456 e. The van der Waals surface area contributed by atoms with Gasteiger partial charge in [0.15, 0.2) is 0 Å². The molecule has 6 heteroatoms. The van der Waals surface area contributed by atoms with Crippen molar-refractivity contribution in [3.8, 4) is 11.1 Å². The van der Waals surface area contributed by atoms with E-state index in [9.17, 15) is 0 Å². The lowest BCUT2D eigenvalue weighted by atomic mass is 9.92. The molecule has 0 atom stereocenters.